The number of esters is 1. The van der Waals surface area contributed by atoms with Crippen molar-refractivity contribution in [2.24, 2.45) is 16.7 Å². The molecule has 0 aromatic heterocycles. The molecule has 0 amide bonds. The smallest absolute Gasteiger partial charge is 0.361 e. The number of carbonyl (C=O) groups excluding carboxylic acids is 1. The zero-order valence-electron chi connectivity index (χ0n) is 17.5. The van der Waals surface area contributed by atoms with E-state index in [1.807, 2.05) is 6.92 Å². The summed E-state index contributed by atoms with van der Waals surface area (Å²) >= 11 is 0. The first-order valence-electron chi connectivity index (χ1n) is 9.79. The molecule has 26 heavy (non-hydrogen) atoms. The van der Waals surface area contributed by atoms with Gasteiger partial charge in [-0.15, -0.1) is 0 Å². The predicted molar refractivity (Wildman–Crippen MR) is 98.3 cm³/mol. The fourth-order valence-corrected chi connectivity index (χ4v) is 4.66. The molecule has 2 bridgehead atoms. The molecular formula is C20H38ClNO4. The average Bonchev–Trinajstić information content (AvgIpc) is 2.84. The molecule has 0 aromatic carbocycles. The number of hydrogen-bond acceptors (Lipinski definition) is 4. The van der Waals surface area contributed by atoms with Crippen LogP contribution in [-0.4, -0.2) is 70.2 Å². The Kier molecular flexibility index (Phi) is 8.40. The molecule has 0 N–H and O–H groups in total. The summed E-state index contributed by atoms with van der Waals surface area (Å²) in [6, 6.07) is 0. The van der Waals surface area contributed by atoms with Gasteiger partial charge in [0.15, 0.2) is 6.54 Å². The molecule has 2 rings (SSSR count). The second kappa shape index (κ2) is 9.22. The number of hydrogen-bond donors (Lipinski definition) is 0. The summed E-state index contributed by atoms with van der Waals surface area (Å²) in [4.78, 5) is 11.9. The van der Waals surface area contributed by atoms with E-state index in [0.717, 1.165) is 12.5 Å². The van der Waals surface area contributed by atoms with Gasteiger partial charge in [-0.1, -0.05) is 20.8 Å². The fraction of sp³-hybridized carbons (Fsp3) is 0.950. The highest BCUT2D eigenvalue weighted by Gasteiger charge is 2.61. The molecule has 0 aliphatic heterocycles. The first-order valence-corrected chi connectivity index (χ1v) is 9.79. The van der Waals surface area contributed by atoms with Gasteiger partial charge in [-0.05, 0) is 42.9 Å². The standard InChI is InChI=1S/C20H38NO4.ClH/c1-7-23-12-13-25-18(22)15-21(5,6)10-11-24-17-14-16-8-9-20(17,4)19(16,2)3;/h16-17H,7-15H2,1-6H3;1H/q+1;/p-1. The number of fused-ring (bicyclic) bond motifs is 2. The Morgan fingerprint density at radius 3 is 2.38 bits per heavy atom. The van der Waals surface area contributed by atoms with Gasteiger partial charge in [0.1, 0.15) is 13.2 Å². The maximum absolute atomic E-state index is 11.9. The largest absolute Gasteiger partial charge is 1.00 e. The highest BCUT2D eigenvalue weighted by Crippen LogP contribution is 2.66. The van der Waals surface area contributed by atoms with Gasteiger partial charge in [0, 0.05) is 6.61 Å². The van der Waals surface area contributed by atoms with E-state index in [9.17, 15) is 4.79 Å². The lowest BCUT2D eigenvalue weighted by molar-refractivity contribution is -0.883. The van der Waals surface area contributed by atoms with E-state index in [2.05, 4.69) is 34.9 Å². The second-order valence-corrected chi connectivity index (χ2v) is 9.20. The molecule has 5 nitrogen and oxygen atoms in total. The minimum atomic E-state index is -0.169. The summed E-state index contributed by atoms with van der Waals surface area (Å²) in [6.07, 6.45) is 4.17. The highest BCUT2D eigenvalue weighted by molar-refractivity contribution is 5.70. The predicted octanol–water partition coefficient (Wildman–Crippen LogP) is -0.122. The van der Waals surface area contributed by atoms with Crippen LogP contribution in [0.1, 0.15) is 47.0 Å². The topological polar surface area (TPSA) is 44.8 Å². The van der Waals surface area contributed by atoms with Crippen LogP contribution in [0, 0.1) is 16.7 Å². The van der Waals surface area contributed by atoms with Crippen LogP contribution < -0.4 is 12.4 Å². The second-order valence-electron chi connectivity index (χ2n) is 9.20. The average molecular weight is 392 g/mol. The minimum absolute atomic E-state index is 0. The van der Waals surface area contributed by atoms with Crippen molar-refractivity contribution in [2.75, 3.05) is 53.6 Å². The first kappa shape index (κ1) is 23.7. The molecule has 154 valence electrons. The SMILES string of the molecule is CCOCCOC(=O)C[N+](C)(C)CCOC1CC2CCC1(C)C2(C)C.[Cl-]. The number of ether oxygens (including phenoxy) is 3. The van der Waals surface area contributed by atoms with Crippen molar-refractivity contribution in [1.82, 2.24) is 0 Å². The molecule has 3 unspecified atom stereocenters. The normalized spacial score (nSPS) is 29.5. The lowest BCUT2D eigenvalue weighted by Crippen LogP contribution is -3.00. The molecule has 2 aliphatic carbocycles. The van der Waals surface area contributed by atoms with Crippen molar-refractivity contribution < 1.29 is 35.9 Å². The van der Waals surface area contributed by atoms with Gasteiger partial charge in [0.05, 0.1) is 33.4 Å². The van der Waals surface area contributed by atoms with E-state index in [-0.39, 0.29) is 18.4 Å². The Hall–Kier alpha value is -0.360. The number of nitrogens with zero attached hydrogens (tertiary/aromatic N) is 1. The molecule has 3 atom stereocenters. The van der Waals surface area contributed by atoms with E-state index < -0.39 is 0 Å². The number of halogens is 1. The monoisotopic (exact) mass is 391 g/mol. The van der Waals surface area contributed by atoms with Crippen molar-refractivity contribution in [3.8, 4) is 0 Å². The summed E-state index contributed by atoms with van der Waals surface area (Å²) in [5, 5.41) is 0. The third-order valence-corrected chi connectivity index (χ3v) is 6.98. The fourth-order valence-electron chi connectivity index (χ4n) is 4.66. The first-order chi connectivity index (χ1) is 11.6. The Balaban J connectivity index is 0.00000338. The van der Waals surface area contributed by atoms with Crippen LogP contribution in [0.15, 0.2) is 0 Å². The van der Waals surface area contributed by atoms with E-state index in [1.165, 1.54) is 19.3 Å². The van der Waals surface area contributed by atoms with Crippen LogP contribution in [0.25, 0.3) is 0 Å². The molecule has 0 saturated heterocycles. The molecule has 2 saturated carbocycles. The van der Waals surface area contributed by atoms with E-state index in [4.69, 9.17) is 14.2 Å². The Bertz CT molecular complexity index is 469. The third-order valence-electron chi connectivity index (χ3n) is 6.98. The number of rotatable bonds is 10. The molecule has 0 radical (unpaired) electrons. The maximum Gasteiger partial charge on any atom is 0.361 e. The molecule has 2 fully saturated rings. The summed E-state index contributed by atoms with van der Waals surface area (Å²) in [5.74, 6) is 0.628. The lowest BCUT2D eigenvalue weighted by Gasteiger charge is -2.39. The van der Waals surface area contributed by atoms with Gasteiger partial charge in [-0.25, -0.2) is 4.79 Å². The van der Waals surface area contributed by atoms with Crippen LogP contribution in [0.3, 0.4) is 0 Å². The van der Waals surface area contributed by atoms with Crippen LogP contribution in [0.5, 0.6) is 0 Å². The van der Waals surface area contributed by atoms with Gasteiger partial charge in [-0.2, -0.15) is 0 Å². The zero-order valence-corrected chi connectivity index (χ0v) is 18.2. The zero-order chi connectivity index (χ0) is 18.7. The van der Waals surface area contributed by atoms with Crippen LogP contribution in [-0.2, 0) is 19.0 Å². The van der Waals surface area contributed by atoms with Crippen molar-refractivity contribution in [1.29, 1.82) is 0 Å². The van der Waals surface area contributed by atoms with Gasteiger partial charge in [0.25, 0.3) is 0 Å². The summed E-state index contributed by atoms with van der Waals surface area (Å²) in [6.45, 7) is 12.5. The van der Waals surface area contributed by atoms with Crippen LogP contribution in [0.2, 0.25) is 0 Å². The third kappa shape index (κ3) is 5.12. The van der Waals surface area contributed by atoms with Gasteiger partial charge < -0.3 is 31.1 Å². The van der Waals surface area contributed by atoms with Gasteiger partial charge >= 0.3 is 5.97 Å². The highest BCUT2D eigenvalue weighted by atomic mass is 35.5. The Labute approximate surface area is 165 Å². The molecule has 6 heteroatoms. The summed E-state index contributed by atoms with van der Waals surface area (Å²) in [7, 11) is 4.11. The van der Waals surface area contributed by atoms with Crippen LogP contribution in [0.4, 0.5) is 0 Å². The van der Waals surface area contributed by atoms with E-state index >= 15 is 0 Å². The Morgan fingerprint density at radius 2 is 1.85 bits per heavy atom. The lowest BCUT2D eigenvalue weighted by atomic mass is 9.70. The Morgan fingerprint density at radius 1 is 1.15 bits per heavy atom. The molecule has 0 spiro atoms. The minimum Gasteiger partial charge on any atom is -1.00 e. The molecular weight excluding hydrogens is 354 g/mol. The van der Waals surface area contributed by atoms with Crippen molar-refractivity contribution >= 4 is 5.97 Å². The van der Waals surface area contributed by atoms with Crippen molar-refractivity contribution in [3.05, 3.63) is 0 Å². The van der Waals surface area contributed by atoms with Crippen LogP contribution >= 0.6 is 0 Å². The van der Waals surface area contributed by atoms with Gasteiger partial charge in [-0.3, -0.25) is 0 Å². The molecule has 0 aromatic rings. The number of carbonyl (C=O) groups is 1. The van der Waals surface area contributed by atoms with Gasteiger partial charge in [0.2, 0.25) is 0 Å². The number of quaternary nitrogens is 1. The maximum atomic E-state index is 11.9. The molecule has 2 aliphatic rings. The van der Waals surface area contributed by atoms with Crippen molar-refractivity contribution in [2.45, 2.75) is 53.1 Å². The summed E-state index contributed by atoms with van der Waals surface area (Å²) in [5.41, 5.74) is 0.680. The molecule has 0 heterocycles. The quantitative estimate of drug-likeness (QED) is 0.296. The van der Waals surface area contributed by atoms with E-state index in [0.29, 0.717) is 54.4 Å². The van der Waals surface area contributed by atoms with Crippen molar-refractivity contribution in [3.63, 3.8) is 0 Å². The van der Waals surface area contributed by atoms with E-state index in [1.54, 1.807) is 0 Å². The number of likely N-dealkylation sites (N-methyl/N-ethyl adjacent to an activating group) is 1. The summed E-state index contributed by atoms with van der Waals surface area (Å²) < 4.78 is 17.3.